The van der Waals surface area contributed by atoms with Crippen molar-refractivity contribution in [2.24, 2.45) is 0 Å². The predicted molar refractivity (Wildman–Crippen MR) is 97.8 cm³/mol. The molecule has 134 valence electrons. The molecule has 0 aliphatic carbocycles. The summed E-state index contributed by atoms with van der Waals surface area (Å²) >= 11 is 5.98. The topological polar surface area (TPSA) is 99.2 Å². The van der Waals surface area contributed by atoms with E-state index in [1.54, 1.807) is 24.0 Å². The second-order valence-electron chi connectivity index (χ2n) is 6.02. The highest BCUT2D eigenvalue weighted by Gasteiger charge is 2.35. The number of carbonyl (C=O) groups excluding carboxylic acids is 1. The zero-order chi connectivity index (χ0) is 18.3. The molecule has 0 bridgehead atoms. The van der Waals surface area contributed by atoms with Gasteiger partial charge in [-0.25, -0.2) is 19.4 Å². The Morgan fingerprint density at radius 3 is 2.73 bits per heavy atom. The number of hydrogen-bond acceptors (Lipinski definition) is 6. The largest absolute Gasteiger partial charge is 0.450 e. The Morgan fingerprint density at radius 2 is 2.04 bits per heavy atom. The Hall–Kier alpha value is -2.87. The Labute approximate surface area is 154 Å². The van der Waals surface area contributed by atoms with Gasteiger partial charge in [0, 0.05) is 23.7 Å². The van der Waals surface area contributed by atoms with Gasteiger partial charge in [-0.2, -0.15) is 5.10 Å². The van der Waals surface area contributed by atoms with E-state index in [0.717, 1.165) is 5.56 Å². The van der Waals surface area contributed by atoms with Gasteiger partial charge in [0.15, 0.2) is 5.65 Å². The van der Waals surface area contributed by atoms with Gasteiger partial charge < -0.3 is 15.4 Å². The van der Waals surface area contributed by atoms with Crippen LogP contribution < -0.4 is 5.73 Å². The van der Waals surface area contributed by atoms with E-state index >= 15 is 0 Å². The first-order chi connectivity index (χ1) is 12.6. The van der Waals surface area contributed by atoms with Gasteiger partial charge in [0.2, 0.25) is 0 Å². The molecule has 2 N–H and O–H groups in total. The lowest BCUT2D eigenvalue weighted by molar-refractivity contribution is 0.0581. The number of carbonyl (C=O) groups is 1. The molecule has 1 fully saturated rings. The number of fused-ring (bicyclic) bond motifs is 1. The van der Waals surface area contributed by atoms with E-state index in [1.165, 1.54) is 6.33 Å². The molecule has 1 amide bonds. The highest BCUT2D eigenvalue weighted by molar-refractivity contribution is 6.30. The number of likely N-dealkylation sites (tertiary alicyclic amines) is 1. The molecule has 4 rings (SSSR count). The van der Waals surface area contributed by atoms with E-state index in [9.17, 15) is 4.79 Å². The first kappa shape index (κ1) is 16.6. The Morgan fingerprint density at radius 1 is 1.31 bits per heavy atom. The van der Waals surface area contributed by atoms with E-state index in [1.807, 2.05) is 16.8 Å². The van der Waals surface area contributed by atoms with Crippen molar-refractivity contribution < 1.29 is 9.53 Å². The summed E-state index contributed by atoms with van der Waals surface area (Å²) in [6.07, 6.45) is 1.11. The van der Waals surface area contributed by atoms with Crippen molar-refractivity contribution in [3.05, 3.63) is 35.6 Å². The van der Waals surface area contributed by atoms with Crippen molar-refractivity contribution in [3.8, 4) is 11.3 Å². The second kappa shape index (κ2) is 6.45. The van der Waals surface area contributed by atoms with Crippen LogP contribution in [-0.4, -0.2) is 50.4 Å². The number of ether oxygens (including phenoxy) is 1. The standard InChI is InChI=1S/C17H17ClN6O2/c1-2-26-17(25)23-7-12(8-23)24-16-13(15(19)20-9-21-16)14(22-24)10-3-5-11(18)6-4-10/h3-6,9,12H,2,7-8H2,1H3,(H2,19,20,21). The molecule has 3 aromatic rings. The molecule has 1 aliphatic rings. The van der Waals surface area contributed by atoms with E-state index in [4.69, 9.17) is 27.2 Å². The number of rotatable bonds is 3. The van der Waals surface area contributed by atoms with Crippen molar-refractivity contribution in [1.82, 2.24) is 24.6 Å². The lowest BCUT2D eigenvalue weighted by atomic mass is 10.1. The maximum atomic E-state index is 11.8. The zero-order valence-corrected chi connectivity index (χ0v) is 14.8. The summed E-state index contributed by atoms with van der Waals surface area (Å²) in [6, 6.07) is 7.37. The molecule has 0 atom stereocenters. The molecule has 3 heterocycles. The van der Waals surface area contributed by atoms with E-state index in [2.05, 4.69) is 9.97 Å². The third kappa shape index (κ3) is 2.72. The van der Waals surface area contributed by atoms with E-state index in [0.29, 0.717) is 47.3 Å². The molecule has 1 saturated heterocycles. The fourth-order valence-corrected chi connectivity index (χ4v) is 3.16. The minimum Gasteiger partial charge on any atom is -0.450 e. The van der Waals surface area contributed by atoms with Crippen LogP contribution in [0.3, 0.4) is 0 Å². The molecule has 26 heavy (non-hydrogen) atoms. The first-order valence-corrected chi connectivity index (χ1v) is 8.62. The maximum absolute atomic E-state index is 11.8. The van der Waals surface area contributed by atoms with Crippen molar-refractivity contribution >= 4 is 34.5 Å². The Bertz CT molecular complexity index is 965. The van der Waals surface area contributed by atoms with Gasteiger partial charge in [0.25, 0.3) is 0 Å². The van der Waals surface area contributed by atoms with Crippen LogP contribution in [0.1, 0.15) is 13.0 Å². The van der Waals surface area contributed by atoms with Gasteiger partial charge in [-0.05, 0) is 19.1 Å². The summed E-state index contributed by atoms with van der Waals surface area (Å²) in [5, 5.41) is 6.07. The number of amides is 1. The quantitative estimate of drug-likeness (QED) is 0.758. The van der Waals surface area contributed by atoms with Crippen LogP contribution in [0.25, 0.3) is 22.3 Å². The van der Waals surface area contributed by atoms with Crippen molar-refractivity contribution in [3.63, 3.8) is 0 Å². The summed E-state index contributed by atoms with van der Waals surface area (Å²) in [7, 11) is 0. The summed E-state index contributed by atoms with van der Waals surface area (Å²) in [5.41, 5.74) is 8.32. The average Bonchev–Trinajstić information content (AvgIpc) is 2.95. The highest BCUT2D eigenvalue weighted by atomic mass is 35.5. The minimum atomic E-state index is -0.313. The van der Waals surface area contributed by atoms with Gasteiger partial charge in [0.1, 0.15) is 17.8 Å². The van der Waals surface area contributed by atoms with E-state index < -0.39 is 0 Å². The molecule has 2 aromatic heterocycles. The second-order valence-corrected chi connectivity index (χ2v) is 6.45. The zero-order valence-electron chi connectivity index (χ0n) is 14.1. The van der Waals surface area contributed by atoms with Gasteiger partial charge in [-0.1, -0.05) is 23.7 Å². The van der Waals surface area contributed by atoms with Gasteiger partial charge in [0.05, 0.1) is 18.0 Å². The number of nitrogens with two attached hydrogens (primary N) is 1. The average molecular weight is 373 g/mol. The highest BCUT2D eigenvalue weighted by Crippen LogP contribution is 2.34. The fraction of sp³-hybridized carbons (Fsp3) is 0.294. The van der Waals surface area contributed by atoms with Crippen LogP contribution >= 0.6 is 11.6 Å². The molecule has 9 heteroatoms. The molecular formula is C17H17ClN6O2. The summed E-state index contributed by atoms with van der Waals surface area (Å²) < 4.78 is 6.83. The summed E-state index contributed by atoms with van der Waals surface area (Å²) in [5.74, 6) is 0.368. The van der Waals surface area contributed by atoms with Gasteiger partial charge in [-0.15, -0.1) is 0 Å². The molecule has 8 nitrogen and oxygen atoms in total. The van der Waals surface area contributed by atoms with Crippen molar-refractivity contribution in [2.75, 3.05) is 25.4 Å². The van der Waals surface area contributed by atoms with Crippen LogP contribution in [0.4, 0.5) is 10.6 Å². The smallest absolute Gasteiger partial charge is 0.409 e. The number of nitrogens with zero attached hydrogens (tertiary/aromatic N) is 5. The third-order valence-electron chi connectivity index (χ3n) is 4.37. The fourth-order valence-electron chi connectivity index (χ4n) is 3.03. The van der Waals surface area contributed by atoms with Crippen LogP contribution in [0.2, 0.25) is 5.02 Å². The number of benzene rings is 1. The molecule has 1 aromatic carbocycles. The van der Waals surface area contributed by atoms with Crippen molar-refractivity contribution in [1.29, 1.82) is 0 Å². The minimum absolute atomic E-state index is 0.0113. The van der Waals surface area contributed by atoms with Crippen LogP contribution in [-0.2, 0) is 4.74 Å². The summed E-state index contributed by atoms with van der Waals surface area (Å²) in [4.78, 5) is 21.9. The number of nitrogen functional groups attached to an aromatic ring is 1. The number of anilines is 1. The van der Waals surface area contributed by atoms with Crippen LogP contribution in [0, 0.1) is 0 Å². The van der Waals surface area contributed by atoms with Gasteiger partial charge >= 0.3 is 6.09 Å². The first-order valence-electron chi connectivity index (χ1n) is 8.24. The number of aromatic nitrogens is 4. The molecule has 0 saturated carbocycles. The lowest BCUT2D eigenvalue weighted by Gasteiger charge is -2.38. The maximum Gasteiger partial charge on any atom is 0.409 e. The van der Waals surface area contributed by atoms with Crippen LogP contribution in [0.5, 0.6) is 0 Å². The number of halogens is 1. The van der Waals surface area contributed by atoms with Gasteiger partial charge in [-0.3, -0.25) is 0 Å². The predicted octanol–water partition coefficient (Wildman–Crippen LogP) is 2.74. The lowest BCUT2D eigenvalue weighted by Crippen LogP contribution is -2.51. The van der Waals surface area contributed by atoms with Crippen molar-refractivity contribution in [2.45, 2.75) is 13.0 Å². The molecule has 0 radical (unpaired) electrons. The SMILES string of the molecule is CCOC(=O)N1CC(n2nc(-c3ccc(Cl)cc3)c3c(N)ncnc32)C1. The molecule has 0 spiro atoms. The summed E-state index contributed by atoms with van der Waals surface area (Å²) in [6.45, 7) is 3.17. The Kier molecular flexibility index (Phi) is 4.12. The normalized spacial score (nSPS) is 14.5. The van der Waals surface area contributed by atoms with E-state index in [-0.39, 0.29) is 12.1 Å². The monoisotopic (exact) mass is 372 g/mol. The third-order valence-corrected chi connectivity index (χ3v) is 4.62. The molecular weight excluding hydrogens is 356 g/mol. The van der Waals surface area contributed by atoms with Crippen LogP contribution in [0.15, 0.2) is 30.6 Å². The molecule has 0 unspecified atom stereocenters. The molecule has 1 aliphatic heterocycles. The Balaban J connectivity index is 1.72. The number of hydrogen-bond donors (Lipinski definition) is 1.